The molecule has 0 radical (unpaired) electrons. The summed E-state index contributed by atoms with van der Waals surface area (Å²) in [5, 5.41) is 5.78. The van der Waals surface area contributed by atoms with Gasteiger partial charge in [0.25, 0.3) is 0 Å². The monoisotopic (exact) mass is 302 g/mol. The van der Waals surface area contributed by atoms with Gasteiger partial charge in [-0.05, 0) is 44.8 Å². The van der Waals surface area contributed by atoms with Crippen molar-refractivity contribution in [3.05, 3.63) is 54.2 Å². The summed E-state index contributed by atoms with van der Waals surface area (Å²) in [4.78, 5) is 18.1. The zero-order valence-electron chi connectivity index (χ0n) is 13.1. The lowest BCUT2D eigenvalue weighted by molar-refractivity contribution is 0.223. The third-order valence-corrected chi connectivity index (χ3v) is 3.48. The third kappa shape index (κ3) is 4.33. The molecular formula is C16H22N4O2. The molecule has 2 N–H and O–H groups in total. The van der Waals surface area contributed by atoms with Crippen LogP contribution in [0, 0.1) is 0 Å². The molecule has 2 aromatic heterocycles. The molecule has 0 bridgehead atoms. The van der Waals surface area contributed by atoms with Gasteiger partial charge in [-0.3, -0.25) is 9.88 Å². The van der Waals surface area contributed by atoms with E-state index in [1.807, 2.05) is 50.2 Å². The smallest absolute Gasteiger partial charge is 0.315 e. The maximum absolute atomic E-state index is 12.0. The second-order valence-corrected chi connectivity index (χ2v) is 5.36. The van der Waals surface area contributed by atoms with Gasteiger partial charge in [0.2, 0.25) is 0 Å². The second kappa shape index (κ2) is 7.61. The van der Waals surface area contributed by atoms with E-state index in [-0.39, 0.29) is 18.1 Å². The standard InChI is InChI=1S/C16H22N4O2/c1-12(13-6-4-8-17-10-13)19-16(21)18-11-14(20(2)3)15-7-5-9-22-15/h4-10,12,14H,11H2,1-3H3,(H2,18,19,21)/t12-,14-/m1/s1. The number of rotatable bonds is 6. The number of likely N-dealkylation sites (N-methyl/N-ethyl adjacent to an activating group) is 1. The summed E-state index contributed by atoms with van der Waals surface area (Å²) in [6, 6.07) is 7.21. The molecule has 0 saturated heterocycles. The largest absolute Gasteiger partial charge is 0.468 e. The molecule has 2 aromatic rings. The molecule has 0 aromatic carbocycles. The number of urea groups is 1. The minimum atomic E-state index is -0.213. The first-order valence-electron chi connectivity index (χ1n) is 7.22. The van der Waals surface area contributed by atoms with Crippen LogP contribution in [0.2, 0.25) is 0 Å². The number of hydrogen-bond acceptors (Lipinski definition) is 4. The molecule has 22 heavy (non-hydrogen) atoms. The Bertz CT molecular complexity index is 569. The molecule has 0 aliphatic rings. The summed E-state index contributed by atoms with van der Waals surface area (Å²) in [6.07, 6.45) is 5.09. The van der Waals surface area contributed by atoms with E-state index in [4.69, 9.17) is 4.42 Å². The van der Waals surface area contributed by atoms with Gasteiger partial charge in [-0.1, -0.05) is 6.07 Å². The summed E-state index contributed by atoms with van der Waals surface area (Å²) < 4.78 is 5.42. The van der Waals surface area contributed by atoms with Gasteiger partial charge in [0.05, 0.1) is 18.3 Å². The summed E-state index contributed by atoms with van der Waals surface area (Å²) in [6.45, 7) is 2.39. The molecule has 0 aliphatic carbocycles. The van der Waals surface area contributed by atoms with Crippen molar-refractivity contribution < 1.29 is 9.21 Å². The van der Waals surface area contributed by atoms with Crippen LogP contribution in [0.4, 0.5) is 4.79 Å². The average molecular weight is 302 g/mol. The molecule has 0 unspecified atom stereocenters. The van der Waals surface area contributed by atoms with Gasteiger partial charge >= 0.3 is 6.03 Å². The molecule has 2 amide bonds. The van der Waals surface area contributed by atoms with Gasteiger partial charge in [0.15, 0.2) is 0 Å². The highest BCUT2D eigenvalue weighted by Gasteiger charge is 2.18. The number of furan rings is 1. The third-order valence-electron chi connectivity index (χ3n) is 3.48. The Kier molecular flexibility index (Phi) is 5.55. The highest BCUT2D eigenvalue weighted by Crippen LogP contribution is 2.17. The minimum absolute atomic E-state index is 0.00514. The first-order valence-corrected chi connectivity index (χ1v) is 7.22. The van der Waals surface area contributed by atoms with E-state index >= 15 is 0 Å². The lowest BCUT2D eigenvalue weighted by Gasteiger charge is -2.23. The zero-order valence-corrected chi connectivity index (χ0v) is 13.1. The van der Waals surface area contributed by atoms with Crippen molar-refractivity contribution in [3.8, 4) is 0 Å². The van der Waals surface area contributed by atoms with E-state index in [0.717, 1.165) is 11.3 Å². The van der Waals surface area contributed by atoms with E-state index < -0.39 is 0 Å². The molecule has 6 heteroatoms. The van der Waals surface area contributed by atoms with Crippen LogP contribution in [0.15, 0.2) is 47.3 Å². The number of nitrogens with one attached hydrogen (secondary N) is 2. The van der Waals surface area contributed by atoms with Crippen LogP contribution >= 0.6 is 0 Å². The van der Waals surface area contributed by atoms with E-state index in [9.17, 15) is 4.79 Å². The SMILES string of the molecule is C[C@@H](NC(=O)NC[C@H](c1ccco1)N(C)C)c1cccnc1. The maximum Gasteiger partial charge on any atom is 0.315 e. The molecule has 0 saturated carbocycles. The summed E-state index contributed by atoms with van der Waals surface area (Å²) in [5.74, 6) is 0.825. The molecule has 118 valence electrons. The number of amides is 2. The topological polar surface area (TPSA) is 70.4 Å². The van der Waals surface area contributed by atoms with Gasteiger partial charge < -0.3 is 15.1 Å². The Balaban J connectivity index is 1.86. The van der Waals surface area contributed by atoms with E-state index in [0.29, 0.717) is 6.54 Å². The van der Waals surface area contributed by atoms with Crippen molar-refractivity contribution in [2.24, 2.45) is 0 Å². The summed E-state index contributed by atoms with van der Waals surface area (Å²) in [5.41, 5.74) is 0.966. The number of pyridine rings is 1. The molecule has 0 spiro atoms. The molecule has 2 rings (SSSR count). The fraction of sp³-hybridized carbons (Fsp3) is 0.375. The maximum atomic E-state index is 12.0. The average Bonchev–Trinajstić information content (AvgIpc) is 3.02. The predicted octanol–water partition coefficient (Wildman–Crippen LogP) is 2.34. The second-order valence-electron chi connectivity index (χ2n) is 5.36. The van der Waals surface area contributed by atoms with Gasteiger partial charge in [-0.25, -0.2) is 4.79 Å². The fourth-order valence-corrected chi connectivity index (χ4v) is 2.17. The lowest BCUT2D eigenvalue weighted by Crippen LogP contribution is -2.41. The van der Waals surface area contributed by atoms with Crippen LogP contribution < -0.4 is 10.6 Å². The van der Waals surface area contributed by atoms with Crippen molar-refractivity contribution in [1.29, 1.82) is 0 Å². The normalized spacial score (nSPS) is 13.6. The zero-order chi connectivity index (χ0) is 15.9. The van der Waals surface area contributed by atoms with E-state index in [1.54, 1.807) is 18.7 Å². The van der Waals surface area contributed by atoms with Crippen LogP contribution in [-0.2, 0) is 0 Å². The minimum Gasteiger partial charge on any atom is -0.468 e. The Hall–Kier alpha value is -2.34. The Morgan fingerprint density at radius 2 is 2.18 bits per heavy atom. The van der Waals surface area contributed by atoms with Crippen LogP contribution in [-0.4, -0.2) is 36.6 Å². The van der Waals surface area contributed by atoms with Crippen LogP contribution in [0.25, 0.3) is 0 Å². The van der Waals surface area contributed by atoms with Crippen molar-refractivity contribution >= 4 is 6.03 Å². The van der Waals surface area contributed by atoms with Crippen molar-refractivity contribution in [2.75, 3.05) is 20.6 Å². The first-order chi connectivity index (χ1) is 10.6. The van der Waals surface area contributed by atoms with Gasteiger partial charge in [0, 0.05) is 18.9 Å². The Labute approximate surface area is 130 Å². The molecule has 2 atom stereocenters. The van der Waals surface area contributed by atoms with Crippen LogP contribution in [0.1, 0.15) is 30.3 Å². The highest BCUT2D eigenvalue weighted by molar-refractivity contribution is 5.74. The molecular weight excluding hydrogens is 280 g/mol. The van der Waals surface area contributed by atoms with Crippen molar-refractivity contribution in [3.63, 3.8) is 0 Å². The number of carbonyl (C=O) groups is 1. The molecule has 6 nitrogen and oxygen atoms in total. The van der Waals surface area contributed by atoms with Crippen LogP contribution in [0.3, 0.4) is 0 Å². The fourth-order valence-electron chi connectivity index (χ4n) is 2.17. The van der Waals surface area contributed by atoms with Gasteiger partial charge in [-0.15, -0.1) is 0 Å². The Morgan fingerprint density at radius 3 is 2.77 bits per heavy atom. The summed E-state index contributed by atoms with van der Waals surface area (Å²) >= 11 is 0. The number of nitrogens with zero attached hydrogens (tertiary/aromatic N) is 2. The number of hydrogen-bond donors (Lipinski definition) is 2. The summed E-state index contributed by atoms with van der Waals surface area (Å²) in [7, 11) is 3.90. The van der Waals surface area contributed by atoms with Gasteiger partial charge in [-0.2, -0.15) is 0 Å². The quantitative estimate of drug-likeness (QED) is 0.859. The number of aromatic nitrogens is 1. The highest BCUT2D eigenvalue weighted by atomic mass is 16.3. The van der Waals surface area contributed by atoms with Crippen LogP contribution in [0.5, 0.6) is 0 Å². The Morgan fingerprint density at radius 1 is 1.36 bits per heavy atom. The molecule has 2 heterocycles. The predicted molar refractivity (Wildman–Crippen MR) is 84.3 cm³/mol. The lowest BCUT2D eigenvalue weighted by atomic mass is 10.1. The van der Waals surface area contributed by atoms with E-state index in [1.165, 1.54) is 0 Å². The molecule has 0 fully saturated rings. The van der Waals surface area contributed by atoms with E-state index in [2.05, 4.69) is 15.6 Å². The van der Waals surface area contributed by atoms with Crippen molar-refractivity contribution in [2.45, 2.75) is 19.0 Å². The first kappa shape index (κ1) is 16.0. The van der Waals surface area contributed by atoms with Gasteiger partial charge in [0.1, 0.15) is 5.76 Å². The molecule has 0 aliphatic heterocycles. The van der Waals surface area contributed by atoms with Crippen molar-refractivity contribution in [1.82, 2.24) is 20.5 Å². The number of carbonyl (C=O) groups excluding carboxylic acids is 1.